The second kappa shape index (κ2) is 5.78. The fraction of sp³-hybridized carbons (Fsp3) is 0.235. The molecule has 0 aromatic heterocycles. The third-order valence-corrected chi connectivity index (χ3v) is 3.43. The van der Waals surface area contributed by atoms with Crippen molar-refractivity contribution >= 4 is 5.97 Å². The quantitative estimate of drug-likeness (QED) is 0.923. The molecule has 20 heavy (non-hydrogen) atoms. The zero-order chi connectivity index (χ0) is 14.7. The van der Waals surface area contributed by atoms with Gasteiger partial charge in [0, 0.05) is 0 Å². The summed E-state index contributed by atoms with van der Waals surface area (Å²) in [6.07, 6.45) is 0.0650. The molecule has 0 heterocycles. The van der Waals surface area contributed by atoms with E-state index >= 15 is 0 Å². The van der Waals surface area contributed by atoms with Crippen molar-refractivity contribution in [1.82, 2.24) is 0 Å². The Morgan fingerprint density at radius 1 is 1.10 bits per heavy atom. The molecule has 0 bridgehead atoms. The van der Waals surface area contributed by atoms with Crippen LogP contribution >= 0.6 is 0 Å². The Bertz CT molecular complexity index is 627. The summed E-state index contributed by atoms with van der Waals surface area (Å²) in [5.74, 6) is 0.0234. The largest absolute Gasteiger partial charge is 0.497 e. The van der Waals surface area contributed by atoms with Gasteiger partial charge in [-0.15, -0.1) is 0 Å². The first-order valence-corrected chi connectivity index (χ1v) is 6.47. The first-order valence-electron chi connectivity index (χ1n) is 6.47. The van der Waals surface area contributed by atoms with Gasteiger partial charge in [-0.05, 0) is 53.8 Å². The van der Waals surface area contributed by atoms with E-state index in [1.54, 1.807) is 7.11 Å². The monoisotopic (exact) mass is 270 g/mol. The molecule has 2 aromatic rings. The second-order valence-electron chi connectivity index (χ2n) is 4.89. The van der Waals surface area contributed by atoms with Gasteiger partial charge in [0.1, 0.15) is 5.75 Å². The fourth-order valence-corrected chi connectivity index (χ4v) is 2.31. The molecule has 0 fully saturated rings. The first-order chi connectivity index (χ1) is 9.51. The van der Waals surface area contributed by atoms with Crippen molar-refractivity contribution in [3.63, 3.8) is 0 Å². The van der Waals surface area contributed by atoms with Crippen LogP contribution in [0.4, 0.5) is 0 Å². The summed E-state index contributed by atoms with van der Waals surface area (Å²) < 4.78 is 5.16. The molecule has 0 aliphatic rings. The van der Waals surface area contributed by atoms with Crippen molar-refractivity contribution in [2.45, 2.75) is 20.3 Å². The summed E-state index contributed by atoms with van der Waals surface area (Å²) in [6.45, 7) is 3.95. The van der Waals surface area contributed by atoms with Crippen LogP contribution < -0.4 is 4.74 Å². The zero-order valence-electron chi connectivity index (χ0n) is 11.9. The summed E-state index contributed by atoms with van der Waals surface area (Å²) in [5.41, 5.74) is 5.18. The number of aryl methyl sites for hydroxylation is 2. The van der Waals surface area contributed by atoms with Crippen LogP contribution in [0.3, 0.4) is 0 Å². The Kier molecular flexibility index (Phi) is 4.08. The van der Waals surface area contributed by atoms with Gasteiger partial charge in [-0.25, -0.2) is 0 Å². The highest BCUT2D eigenvalue weighted by Crippen LogP contribution is 2.28. The molecule has 2 aromatic carbocycles. The lowest BCUT2D eigenvalue weighted by Crippen LogP contribution is -2.03. The number of ether oxygens (including phenoxy) is 1. The van der Waals surface area contributed by atoms with Crippen molar-refractivity contribution in [2.24, 2.45) is 0 Å². The molecular weight excluding hydrogens is 252 g/mol. The van der Waals surface area contributed by atoms with E-state index in [2.05, 4.69) is 6.07 Å². The number of hydrogen-bond donors (Lipinski definition) is 1. The Balaban J connectivity index is 2.41. The number of methoxy groups -OCH3 is 1. The number of carbonyl (C=O) groups is 1. The molecule has 104 valence electrons. The van der Waals surface area contributed by atoms with Crippen LogP contribution in [0.1, 0.15) is 16.7 Å². The highest BCUT2D eigenvalue weighted by molar-refractivity contribution is 5.74. The molecular formula is C17H18O3. The maximum Gasteiger partial charge on any atom is 0.307 e. The second-order valence-corrected chi connectivity index (χ2v) is 4.89. The summed E-state index contributed by atoms with van der Waals surface area (Å²) in [7, 11) is 1.64. The molecule has 0 saturated heterocycles. The number of benzene rings is 2. The van der Waals surface area contributed by atoms with Gasteiger partial charge in [-0.1, -0.05) is 24.3 Å². The van der Waals surface area contributed by atoms with Gasteiger partial charge in [0.25, 0.3) is 0 Å². The van der Waals surface area contributed by atoms with E-state index in [-0.39, 0.29) is 6.42 Å². The third-order valence-electron chi connectivity index (χ3n) is 3.43. The molecule has 0 spiro atoms. The van der Waals surface area contributed by atoms with Crippen molar-refractivity contribution in [3.8, 4) is 16.9 Å². The third kappa shape index (κ3) is 2.99. The maximum atomic E-state index is 10.8. The van der Waals surface area contributed by atoms with Crippen LogP contribution in [0.25, 0.3) is 11.1 Å². The van der Waals surface area contributed by atoms with Crippen LogP contribution in [-0.2, 0) is 11.2 Å². The minimum absolute atomic E-state index is 0.0650. The SMILES string of the molecule is COc1ccc(-c2cc(C)c(CC(=O)O)cc2C)cc1. The Morgan fingerprint density at radius 3 is 2.30 bits per heavy atom. The van der Waals surface area contributed by atoms with E-state index < -0.39 is 5.97 Å². The van der Waals surface area contributed by atoms with E-state index in [9.17, 15) is 4.79 Å². The summed E-state index contributed by atoms with van der Waals surface area (Å²) in [6, 6.07) is 11.9. The average molecular weight is 270 g/mol. The number of rotatable bonds is 4. The normalized spacial score (nSPS) is 10.3. The lowest BCUT2D eigenvalue weighted by Gasteiger charge is -2.12. The van der Waals surface area contributed by atoms with Gasteiger partial charge < -0.3 is 9.84 Å². The van der Waals surface area contributed by atoms with Crippen molar-refractivity contribution in [2.75, 3.05) is 7.11 Å². The van der Waals surface area contributed by atoms with Crippen LogP contribution in [-0.4, -0.2) is 18.2 Å². The van der Waals surface area contributed by atoms with Gasteiger partial charge in [0.05, 0.1) is 13.5 Å². The highest BCUT2D eigenvalue weighted by atomic mass is 16.5. The Labute approximate surface area is 118 Å². The minimum atomic E-state index is -0.801. The lowest BCUT2D eigenvalue weighted by molar-refractivity contribution is -0.136. The fourth-order valence-electron chi connectivity index (χ4n) is 2.31. The molecule has 0 unspecified atom stereocenters. The number of carboxylic acids is 1. The predicted octanol–water partition coefficient (Wildman–Crippen LogP) is 3.61. The smallest absolute Gasteiger partial charge is 0.307 e. The van der Waals surface area contributed by atoms with Crippen LogP contribution in [0, 0.1) is 13.8 Å². The summed E-state index contributed by atoms with van der Waals surface area (Å²) >= 11 is 0. The summed E-state index contributed by atoms with van der Waals surface area (Å²) in [5, 5.41) is 8.91. The Hall–Kier alpha value is -2.29. The Morgan fingerprint density at radius 2 is 1.75 bits per heavy atom. The van der Waals surface area contributed by atoms with Crippen molar-refractivity contribution in [3.05, 3.63) is 53.1 Å². The van der Waals surface area contributed by atoms with Gasteiger partial charge in [-0.2, -0.15) is 0 Å². The molecule has 3 nitrogen and oxygen atoms in total. The van der Waals surface area contributed by atoms with E-state index in [1.165, 1.54) is 0 Å². The van der Waals surface area contributed by atoms with Crippen LogP contribution in [0.5, 0.6) is 5.75 Å². The van der Waals surface area contributed by atoms with Gasteiger partial charge in [0.15, 0.2) is 0 Å². The van der Waals surface area contributed by atoms with E-state index in [4.69, 9.17) is 9.84 Å². The van der Waals surface area contributed by atoms with Gasteiger partial charge in [-0.3, -0.25) is 4.79 Å². The topological polar surface area (TPSA) is 46.5 Å². The summed E-state index contributed by atoms with van der Waals surface area (Å²) in [4.78, 5) is 10.8. The standard InChI is InChI=1S/C17H18O3/c1-11-9-16(12(2)8-14(11)10-17(18)19)13-4-6-15(20-3)7-5-13/h4-9H,10H2,1-3H3,(H,18,19). The molecule has 0 radical (unpaired) electrons. The highest BCUT2D eigenvalue weighted by Gasteiger charge is 2.09. The molecule has 2 rings (SSSR count). The van der Waals surface area contributed by atoms with Crippen molar-refractivity contribution < 1.29 is 14.6 Å². The van der Waals surface area contributed by atoms with E-state index in [1.807, 2.05) is 44.2 Å². The average Bonchev–Trinajstić information content (AvgIpc) is 2.42. The van der Waals surface area contributed by atoms with E-state index in [0.29, 0.717) is 0 Å². The molecule has 0 aliphatic carbocycles. The first kappa shape index (κ1) is 14.1. The van der Waals surface area contributed by atoms with Crippen LogP contribution in [0.15, 0.2) is 36.4 Å². The predicted molar refractivity (Wildman–Crippen MR) is 79.2 cm³/mol. The zero-order valence-corrected chi connectivity index (χ0v) is 11.9. The molecule has 0 atom stereocenters. The van der Waals surface area contributed by atoms with Gasteiger partial charge >= 0.3 is 5.97 Å². The molecule has 3 heteroatoms. The number of carboxylic acid groups (broad SMARTS) is 1. The number of aliphatic carboxylic acids is 1. The van der Waals surface area contributed by atoms with Gasteiger partial charge in [0.2, 0.25) is 0 Å². The van der Waals surface area contributed by atoms with Crippen molar-refractivity contribution in [1.29, 1.82) is 0 Å². The molecule has 1 N–H and O–H groups in total. The molecule has 0 aliphatic heterocycles. The van der Waals surface area contributed by atoms with Crippen LogP contribution in [0.2, 0.25) is 0 Å². The number of hydrogen-bond acceptors (Lipinski definition) is 2. The lowest BCUT2D eigenvalue weighted by atomic mass is 9.94. The minimum Gasteiger partial charge on any atom is -0.497 e. The van der Waals surface area contributed by atoms with E-state index in [0.717, 1.165) is 33.6 Å². The maximum absolute atomic E-state index is 10.8. The molecule has 0 saturated carbocycles. The molecule has 0 amide bonds.